The van der Waals surface area contributed by atoms with Gasteiger partial charge in [-0.05, 0) is 86.6 Å². The number of rotatable bonds is 7. The summed E-state index contributed by atoms with van der Waals surface area (Å²) in [6, 6.07) is 88.3. The zero-order valence-corrected chi connectivity index (χ0v) is 37.6. The highest BCUT2D eigenvalue weighted by Crippen LogP contribution is 2.59. The Kier molecular flexibility index (Phi) is 8.64. The summed E-state index contributed by atoms with van der Waals surface area (Å²) in [5.41, 5.74) is 14.7. The van der Waals surface area contributed by atoms with E-state index in [1.54, 1.807) is 11.3 Å². The Balaban J connectivity index is 1.16. The van der Waals surface area contributed by atoms with Crippen molar-refractivity contribution in [1.29, 1.82) is 0 Å². The molecule has 0 bridgehead atoms. The number of aromatic nitrogens is 3. The van der Waals surface area contributed by atoms with Crippen molar-refractivity contribution in [3.63, 3.8) is 0 Å². The summed E-state index contributed by atoms with van der Waals surface area (Å²) < 4.78 is 3.59. The molecule has 0 unspecified atom stereocenters. The SMILES string of the molecule is c1ccc(-c2nc3sc4ccccc4c3nc2N(c2ccccc2C2(c3ccccc3)c3ccccc3-c3ccccc32)c2cccc3c2c2ccccc2n3-c2ccc3ccccc3c2)cc1. The number of thiophene rings is 1. The fourth-order valence-electron chi connectivity index (χ4n) is 11.3. The second-order valence-corrected chi connectivity index (χ2v) is 18.7. The molecule has 0 aliphatic heterocycles. The molecule has 0 atom stereocenters. The van der Waals surface area contributed by atoms with Crippen molar-refractivity contribution in [3.8, 4) is 28.1 Å². The van der Waals surface area contributed by atoms with Gasteiger partial charge in [-0.2, -0.15) is 0 Å². The van der Waals surface area contributed by atoms with Crippen molar-refractivity contribution in [2.75, 3.05) is 4.90 Å². The third-order valence-electron chi connectivity index (χ3n) is 14.1. The number of hydrogen-bond acceptors (Lipinski definition) is 4. The Morgan fingerprint density at radius 3 is 1.84 bits per heavy atom. The van der Waals surface area contributed by atoms with Crippen LogP contribution in [0.1, 0.15) is 22.3 Å². The molecule has 0 saturated heterocycles. The van der Waals surface area contributed by atoms with E-state index in [9.17, 15) is 0 Å². The highest BCUT2D eigenvalue weighted by molar-refractivity contribution is 7.25. The Morgan fingerprint density at radius 1 is 0.441 bits per heavy atom. The molecule has 3 heterocycles. The van der Waals surface area contributed by atoms with E-state index < -0.39 is 5.41 Å². The zero-order chi connectivity index (χ0) is 44.8. The average Bonchev–Trinajstić information content (AvgIpc) is 4.06. The fraction of sp³-hybridized carbons (Fsp3) is 0.0159. The van der Waals surface area contributed by atoms with Crippen molar-refractivity contribution >= 4 is 81.5 Å². The van der Waals surface area contributed by atoms with E-state index in [2.05, 4.69) is 252 Å². The Hall–Kier alpha value is -8.64. The molecular weight excluding hydrogens is 845 g/mol. The molecule has 0 radical (unpaired) electrons. The molecular formula is C63H40N4S. The van der Waals surface area contributed by atoms with E-state index in [1.807, 2.05) is 0 Å². The smallest absolute Gasteiger partial charge is 0.165 e. The molecule has 1 aliphatic rings. The second-order valence-electron chi connectivity index (χ2n) is 17.6. The summed E-state index contributed by atoms with van der Waals surface area (Å²) in [5, 5.41) is 5.79. The number of nitrogens with zero attached hydrogens (tertiary/aromatic N) is 4. The van der Waals surface area contributed by atoms with E-state index in [4.69, 9.17) is 9.97 Å². The minimum absolute atomic E-state index is 0.699. The zero-order valence-electron chi connectivity index (χ0n) is 36.8. The van der Waals surface area contributed by atoms with Crippen molar-refractivity contribution in [1.82, 2.24) is 14.5 Å². The summed E-state index contributed by atoms with van der Waals surface area (Å²) in [4.78, 5) is 14.9. The number of hydrogen-bond donors (Lipinski definition) is 0. The number of fused-ring (bicyclic) bond motifs is 10. The summed E-state index contributed by atoms with van der Waals surface area (Å²) in [6.45, 7) is 0. The summed E-state index contributed by atoms with van der Waals surface area (Å²) in [5.74, 6) is 0.762. The van der Waals surface area contributed by atoms with E-state index in [0.29, 0.717) is 0 Å². The first-order valence-electron chi connectivity index (χ1n) is 23.2. The second kappa shape index (κ2) is 15.2. The average molecular weight is 885 g/mol. The van der Waals surface area contributed by atoms with Crippen LogP contribution >= 0.6 is 11.3 Å². The lowest BCUT2D eigenvalue weighted by Gasteiger charge is -2.38. The van der Waals surface area contributed by atoms with Crippen molar-refractivity contribution in [2.24, 2.45) is 0 Å². The molecule has 3 aromatic heterocycles. The maximum absolute atomic E-state index is 5.90. The molecule has 0 spiro atoms. The molecule has 1 aliphatic carbocycles. The number of para-hydroxylation sites is 2. The van der Waals surface area contributed by atoms with Crippen LogP contribution in [0.2, 0.25) is 0 Å². The molecule has 4 nitrogen and oxygen atoms in total. The largest absolute Gasteiger partial charge is 0.309 e. The van der Waals surface area contributed by atoms with Crippen molar-refractivity contribution in [3.05, 3.63) is 265 Å². The lowest BCUT2D eigenvalue weighted by Crippen LogP contribution is -2.31. The Morgan fingerprint density at radius 2 is 1.04 bits per heavy atom. The van der Waals surface area contributed by atoms with Gasteiger partial charge in [0.1, 0.15) is 16.0 Å². The van der Waals surface area contributed by atoms with Gasteiger partial charge in [-0.25, -0.2) is 9.97 Å². The third kappa shape index (κ3) is 5.60. The van der Waals surface area contributed by atoms with Gasteiger partial charge in [0.05, 0.1) is 27.8 Å². The van der Waals surface area contributed by atoms with Gasteiger partial charge in [0.2, 0.25) is 0 Å². The number of benzene rings is 10. The van der Waals surface area contributed by atoms with Gasteiger partial charge in [0, 0.05) is 32.1 Å². The van der Waals surface area contributed by atoms with Crippen LogP contribution in [0.25, 0.3) is 81.1 Å². The molecule has 68 heavy (non-hydrogen) atoms. The molecule has 0 amide bonds. The predicted molar refractivity (Wildman–Crippen MR) is 284 cm³/mol. The molecule has 0 N–H and O–H groups in total. The number of anilines is 3. The maximum atomic E-state index is 5.90. The van der Waals surface area contributed by atoms with Crippen LogP contribution in [-0.4, -0.2) is 14.5 Å². The molecule has 0 fully saturated rings. The third-order valence-corrected chi connectivity index (χ3v) is 15.1. The van der Waals surface area contributed by atoms with Crippen LogP contribution in [0.3, 0.4) is 0 Å². The summed E-state index contributed by atoms with van der Waals surface area (Å²) in [6.07, 6.45) is 0. The van der Waals surface area contributed by atoms with Crippen LogP contribution in [0.5, 0.6) is 0 Å². The van der Waals surface area contributed by atoms with Crippen LogP contribution < -0.4 is 4.90 Å². The van der Waals surface area contributed by atoms with Crippen molar-refractivity contribution < 1.29 is 0 Å². The minimum atomic E-state index is -0.699. The highest BCUT2D eigenvalue weighted by atomic mass is 32.1. The van der Waals surface area contributed by atoms with E-state index in [0.717, 1.165) is 81.9 Å². The predicted octanol–water partition coefficient (Wildman–Crippen LogP) is 16.6. The molecule has 10 aromatic carbocycles. The molecule has 13 aromatic rings. The normalized spacial score (nSPS) is 12.8. The van der Waals surface area contributed by atoms with Gasteiger partial charge >= 0.3 is 0 Å². The van der Waals surface area contributed by atoms with Gasteiger partial charge in [-0.15, -0.1) is 11.3 Å². The standard InChI is InChI=1S/C63H40N4S/c1-3-21-42(22-4-1)59-61(64-60-49-29-12-18-37-57(49)68-62(60)65-59)67(56-36-19-35-55-58(56)48-28-11-16-33-53(48)66(55)45-39-38-41-20-7-8-23-43(41)40-45)54-34-17-15-32-52(54)63(44-24-5-2-6-25-44)50-30-13-9-26-46(50)47-27-10-14-31-51(47)63/h1-40H. The van der Waals surface area contributed by atoms with Crippen LogP contribution in [0.15, 0.2) is 243 Å². The Bertz CT molecular complexity index is 4070. The summed E-state index contributed by atoms with van der Waals surface area (Å²) in [7, 11) is 0. The first-order valence-corrected chi connectivity index (χ1v) is 24.0. The van der Waals surface area contributed by atoms with Crippen LogP contribution in [0, 0.1) is 0 Å². The topological polar surface area (TPSA) is 34.0 Å². The molecule has 5 heteroatoms. The first-order chi connectivity index (χ1) is 33.8. The van der Waals surface area contributed by atoms with Crippen LogP contribution in [-0.2, 0) is 5.41 Å². The Labute approximate surface area is 397 Å². The summed E-state index contributed by atoms with van der Waals surface area (Å²) >= 11 is 1.70. The van der Waals surface area contributed by atoms with Crippen LogP contribution in [0.4, 0.5) is 17.2 Å². The van der Waals surface area contributed by atoms with Gasteiger partial charge in [-0.1, -0.05) is 200 Å². The van der Waals surface area contributed by atoms with E-state index in [-0.39, 0.29) is 0 Å². The molecule has 0 saturated carbocycles. The maximum Gasteiger partial charge on any atom is 0.165 e. The van der Waals surface area contributed by atoms with Gasteiger partial charge < -0.3 is 4.57 Å². The van der Waals surface area contributed by atoms with Gasteiger partial charge in [0.25, 0.3) is 0 Å². The van der Waals surface area contributed by atoms with Gasteiger partial charge in [-0.3, -0.25) is 4.90 Å². The lowest BCUT2D eigenvalue weighted by molar-refractivity contribution is 0.767. The highest BCUT2D eigenvalue weighted by Gasteiger charge is 2.48. The first kappa shape index (κ1) is 38.6. The fourth-order valence-corrected chi connectivity index (χ4v) is 12.3. The van der Waals surface area contributed by atoms with E-state index in [1.165, 1.54) is 38.6 Å². The molecule has 318 valence electrons. The monoisotopic (exact) mass is 884 g/mol. The van der Waals surface area contributed by atoms with Gasteiger partial charge in [0.15, 0.2) is 5.82 Å². The van der Waals surface area contributed by atoms with E-state index >= 15 is 0 Å². The lowest BCUT2D eigenvalue weighted by atomic mass is 9.67. The minimum Gasteiger partial charge on any atom is -0.309 e. The quantitative estimate of drug-likeness (QED) is 0.160. The molecule has 14 rings (SSSR count). The van der Waals surface area contributed by atoms with Crippen molar-refractivity contribution in [2.45, 2.75) is 5.41 Å².